The summed E-state index contributed by atoms with van der Waals surface area (Å²) in [5.74, 6) is 0.561. The highest BCUT2D eigenvalue weighted by atomic mass is 16.3. The largest absolute Gasteiger partial charge is 0.383 e. The third-order valence-corrected chi connectivity index (χ3v) is 5.30. The molecule has 1 aromatic carbocycles. The van der Waals surface area contributed by atoms with Gasteiger partial charge in [0.15, 0.2) is 0 Å². The molecule has 0 saturated heterocycles. The van der Waals surface area contributed by atoms with Crippen LogP contribution in [0, 0.1) is 22.7 Å². The molecule has 0 aliphatic heterocycles. The summed E-state index contributed by atoms with van der Waals surface area (Å²) in [5.41, 5.74) is -0.750. The minimum Gasteiger partial charge on any atom is -0.383 e. The van der Waals surface area contributed by atoms with Gasteiger partial charge in [-0.25, -0.2) is 0 Å². The van der Waals surface area contributed by atoms with Crippen molar-refractivity contribution in [3.8, 4) is 6.07 Å². The van der Waals surface area contributed by atoms with E-state index >= 15 is 0 Å². The predicted octanol–water partition coefficient (Wildman–Crippen LogP) is 4.78. The Bertz CT molecular complexity index is 492. The van der Waals surface area contributed by atoms with E-state index in [0.717, 1.165) is 37.7 Å². The lowest BCUT2D eigenvalue weighted by atomic mass is 9.58. The summed E-state index contributed by atoms with van der Waals surface area (Å²) in [6.45, 7) is 4.28. The lowest BCUT2D eigenvalue weighted by molar-refractivity contribution is -0.0951. The van der Waals surface area contributed by atoms with Crippen molar-refractivity contribution < 1.29 is 5.11 Å². The Morgan fingerprint density at radius 1 is 1.33 bits per heavy atom. The second kappa shape index (κ2) is 6.62. The average molecular weight is 285 g/mol. The summed E-state index contributed by atoms with van der Waals surface area (Å²) in [6.07, 6.45) is 6.51. The topological polar surface area (TPSA) is 44.0 Å². The van der Waals surface area contributed by atoms with Crippen LogP contribution < -0.4 is 0 Å². The Hall–Kier alpha value is -1.33. The number of rotatable bonds is 5. The summed E-state index contributed by atoms with van der Waals surface area (Å²) < 4.78 is 0. The molecule has 21 heavy (non-hydrogen) atoms. The molecular weight excluding hydrogens is 258 g/mol. The molecule has 1 aromatic rings. The molecule has 0 bridgehead atoms. The molecule has 2 rings (SSSR count). The zero-order chi connectivity index (χ0) is 15.3. The Morgan fingerprint density at radius 2 is 2.05 bits per heavy atom. The molecule has 0 radical (unpaired) electrons. The fourth-order valence-electron chi connectivity index (χ4n) is 4.04. The van der Waals surface area contributed by atoms with Crippen LogP contribution in [0.3, 0.4) is 0 Å². The van der Waals surface area contributed by atoms with Gasteiger partial charge in [0.2, 0.25) is 0 Å². The Balaban J connectivity index is 2.46. The molecule has 1 N–H and O–H groups in total. The van der Waals surface area contributed by atoms with E-state index in [0.29, 0.717) is 12.3 Å². The van der Waals surface area contributed by atoms with Gasteiger partial charge in [0.1, 0.15) is 5.60 Å². The third kappa shape index (κ3) is 2.85. The number of hydrogen-bond donors (Lipinski definition) is 1. The van der Waals surface area contributed by atoms with Crippen LogP contribution >= 0.6 is 0 Å². The van der Waals surface area contributed by atoms with Gasteiger partial charge < -0.3 is 5.11 Å². The average Bonchev–Trinajstić information content (AvgIpc) is 2.55. The smallest absolute Gasteiger partial charge is 0.108 e. The fourth-order valence-corrected chi connectivity index (χ4v) is 4.04. The molecule has 1 fully saturated rings. The molecule has 3 atom stereocenters. The van der Waals surface area contributed by atoms with Crippen molar-refractivity contribution in [3.05, 3.63) is 35.9 Å². The van der Waals surface area contributed by atoms with Crippen LogP contribution in [0.25, 0.3) is 0 Å². The molecule has 2 heteroatoms. The van der Waals surface area contributed by atoms with Gasteiger partial charge in [-0.1, -0.05) is 69.9 Å². The first-order valence-corrected chi connectivity index (χ1v) is 8.31. The van der Waals surface area contributed by atoms with E-state index in [2.05, 4.69) is 19.9 Å². The van der Waals surface area contributed by atoms with Gasteiger partial charge in [-0.05, 0) is 30.7 Å². The van der Waals surface area contributed by atoms with E-state index in [1.165, 1.54) is 6.42 Å². The number of nitriles is 1. The Kier molecular flexibility index (Phi) is 5.06. The van der Waals surface area contributed by atoms with Crippen molar-refractivity contribution in [3.63, 3.8) is 0 Å². The molecule has 1 saturated carbocycles. The maximum absolute atomic E-state index is 11.5. The molecule has 0 heterocycles. The second-order valence-corrected chi connectivity index (χ2v) is 6.54. The number of benzene rings is 1. The minimum atomic E-state index is -1.02. The van der Waals surface area contributed by atoms with E-state index in [1.54, 1.807) is 0 Å². The first-order valence-electron chi connectivity index (χ1n) is 8.31. The van der Waals surface area contributed by atoms with Crippen LogP contribution in [0.15, 0.2) is 30.3 Å². The molecule has 114 valence electrons. The third-order valence-electron chi connectivity index (χ3n) is 5.30. The summed E-state index contributed by atoms with van der Waals surface area (Å²) in [7, 11) is 0. The van der Waals surface area contributed by atoms with Gasteiger partial charge in [0.25, 0.3) is 0 Å². The predicted molar refractivity (Wildman–Crippen MR) is 85.5 cm³/mol. The first kappa shape index (κ1) is 16.0. The molecule has 0 spiro atoms. The highest BCUT2D eigenvalue weighted by Gasteiger charge is 2.53. The summed E-state index contributed by atoms with van der Waals surface area (Å²) in [5, 5.41) is 21.5. The van der Waals surface area contributed by atoms with Crippen LogP contribution in [0.1, 0.15) is 64.4 Å². The normalized spacial score (nSPS) is 28.6. The Morgan fingerprint density at radius 3 is 2.62 bits per heavy atom. The molecule has 1 aliphatic rings. The Labute approximate surface area is 128 Å². The van der Waals surface area contributed by atoms with Gasteiger partial charge >= 0.3 is 0 Å². The lowest BCUT2D eigenvalue weighted by Gasteiger charge is -2.47. The van der Waals surface area contributed by atoms with Crippen molar-refractivity contribution in [2.75, 3.05) is 0 Å². The standard InChI is InChI=1S/C19H27NO/c1-3-12-19(21,17-10-6-5-7-11-17)18(15-20)13-8-9-16(4-2)14-18/h5-7,10-11,16,21H,3-4,8-9,12-14H2,1-2H3. The minimum absolute atomic E-state index is 0.561. The number of nitrogens with zero attached hydrogens (tertiary/aromatic N) is 1. The zero-order valence-corrected chi connectivity index (χ0v) is 13.3. The van der Waals surface area contributed by atoms with E-state index in [1.807, 2.05) is 30.3 Å². The molecular formula is C19H27NO. The van der Waals surface area contributed by atoms with Crippen LogP contribution in [-0.4, -0.2) is 5.11 Å². The van der Waals surface area contributed by atoms with Crippen molar-refractivity contribution in [2.45, 2.75) is 64.4 Å². The van der Waals surface area contributed by atoms with E-state index in [4.69, 9.17) is 0 Å². The zero-order valence-electron chi connectivity index (χ0n) is 13.3. The first-order chi connectivity index (χ1) is 10.1. The van der Waals surface area contributed by atoms with Gasteiger partial charge in [0, 0.05) is 0 Å². The number of hydrogen-bond acceptors (Lipinski definition) is 2. The summed E-state index contributed by atoms with van der Waals surface area (Å²) in [4.78, 5) is 0. The van der Waals surface area contributed by atoms with Crippen LogP contribution in [-0.2, 0) is 5.60 Å². The van der Waals surface area contributed by atoms with Crippen LogP contribution in [0.4, 0.5) is 0 Å². The summed E-state index contributed by atoms with van der Waals surface area (Å²) in [6, 6.07) is 12.4. The molecule has 3 unspecified atom stereocenters. The van der Waals surface area contributed by atoms with E-state index in [9.17, 15) is 10.4 Å². The number of aliphatic hydroxyl groups is 1. The second-order valence-electron chi connectivity index (χ2n) is 6.54. The van der Waals surface area contributed by atoms with Gasteiger partial charge in [-0.3, -0.25) is 0 Å². The highest BCUT2D eigenvalue weighted by molar-refractivity contribution is 5.29. The van der Waals surface area contributed by atoms with Crippen LogP contribution in [0.5, 0.6) is 0 Å². The quantitative estimate of drug-likeness (QED) is 0.845. The van der Waals surface area contributed by atoms with Crippen molar-refractivity contribution in [2.24, 2.45) is 11.3 Å². The SMILES string of the molecule is CCCC(O)(c1ccccc1)C1(C#N)CCCC(CC)C1. The lowest BCUT2D eigenvalue weighted by Crippen LogP contribution is -2.47. The molecule has 1 aliphatic carbocycles. The molecule has 0 amide bonds. The molecule has 0 aromatic heterocycles. The van der Waals surface area contributed by atoms with Crippen molar-refractivity contribution in [1.29, 1.82) is 5.26 Å². The molecule has 2 nitrogen and oxygen atoms in total. The van der Waals surface area contributed by atoms with Crippen molar-refractivity contribution >= 4 is 0 Å². The van der Waals surface area contributed by atoms with Crippen molar-refractivity contribution in [1.82, 2.24) is 0 Å². The van der Waals surface area contributed by atoms with Gasteiger partial charge in [0.05, 0.1) is 11.5 Å². The maximum atomic E-state index is 11.5. The highest BCUT2D eigenvalue weighted by Crippen LogP contribution is 2.53. The maximum Gasteiger partial charge on any atom is 0.108 e. The van der Waals surface area contributed by atoms with E-state index in [-0.39, 0.29) is 0 Å². The van der Waals surface area contributed by atoms with E-state index < -0.39 is 11.0 Å². The van der Waals surface area contributed by atoms with Gasteiger partial charge in [-0.2, -0.15) is 5.26 Å². The monoisotopic (exact) mass is 285 g/mol. The fraction of sp³-hybridized carbons (Fsp3) is 0.632. The van der Waals surface area contributed by atoms with Gasteiger partial charge in [-0.15, -0.1) is 0 Å². The summed E-state index contributed by atoms with van der Waals surface area (Å²) >= 11 is 0. The van der Waals surface area contributed by atoms with Crippen LogP contribution in [0.2, 0.25) is 0 Å².